The molecule has 0 saturated heterocycles. The molecule has 0 bridgehead atoms. The van der Waals surface area contributed by atoms with Gasteiger partial charge in [-0.3, -0.25) is 9.59 Å². The van der Waals surface area contributed by atoms with Crippen molar-refractivity contribution in [1.29, 1.82) is 0 Å². The maximum atomic E-state index is 11.9. The SMILES string of the molecule is Cc1cc(C)c(C(=O)N[C@H](C)C(=O)O)c(C)c1. The van der Waals surface area contributed by atoms with Gasteiger partial charge in [0.25, 0.3) is 5.91 Å². The highest BCUT2D eigenvalue weighted by atomic mass is 16.4. The van der Waals surface area contributed by atoms with Gasteiger partial charge in [0, 0.05) is 5.56 Å². The molecule has 4 heteroatoms. The van der Waals surface area contributed by atoms with Crippen LogP contribution in [0.15, 0.2) is 12.1 Å². The Kier molecular flexibility index (Phi) is 3.89. The minimum Gasteiger partial charge on any atom is -0.480 e. The van der Waals surface area contributed by atoms with Crippen LogP contribution in [0.5, 0.6) is 0 Å². The van der Waals surface area contributed by atoms with Crippen LogP contribution in [0.25, 0.3) is 0 Å². The maximum absolute atomic E-state index is 11.9. The molecule has 1 rings (SSSR count). The number of hydrogen-bond donors (Lipinski definition) is 2. The van der Waals surface area contributed by atoms with E-state index in [2.05, 4.69) is 5.32 Å². The molecule has 0 spiro atoms. The van der Waals surface area contributed by atoms with E-state index < -0.39 is 12.0 Å². The Morgan fingerprint density at radius 3 is 2.06 bits per heavy atom. The zero-order valence-electron chi connectivity index (χ0n) is 10.5. The molecule has 0 unspecified atom stereocenters. The van der Waals surface area contributed by atoms with Gasteiger partial charge in [0.05, 0.1) is 0 Å². The molecular weight excluding hydrogens is 218 g/mol. The number of amides is 1. The second-order valence-corrected chi connectivity index (χ2v) is 4.31. The lowest BCUT2D eigenvalue weighted by molar-refractivity contribution is -0.138. The Morgan fingerprint density at radius 1 is 1.18 bits per heavy atom. The first-order valence-electron chi connectivity index (χ1n) is 5.44. The average molecular weight is 235 g/mol. The van der Waals surface area contributed by atoms with Gasteiger partial charge in [-0.2, -0.15) is 0 Å². The molecule has 0 aromatic heterocycles. The van der Waals surface area contributed by atoms with Crippen LogP contribution in [0.4, 0.5) is 0 Å². The molecule has 1 amide bonds. The van der Waals surface area contributed by atoms with Gasteiger partial charge < -0.3 is 10.4 Å². The molecule has 0 radical (unpaired) electrons. The summed E-state index contributed by atoms with van der Waals surface area (Å²) in [6, 6.07) is 2.93. The summed E-state index contributed by atoms with van der Waals surface area (Å²) in [6.07, 6.45) is 0. The van der Waals surface area contributed by atoms with Crippen molar-refractivity contribution in [3.63, 3.8) is 0 Å². The van der Waals surface area contributed by atoms with Crippen molar-refractivity contribution in [3.8, 4) is 0 Å². The Bertz CT molecular complexity index is 443. The van der Waals surface area contributed by atoms with Gasteiger partial charge in [0.2, 0.25) is 0 Å². The second-order valence-electron chi connectivity index (χ2n) is 4.31. The van der Waals surface area contributed by atoms with E-state index in [0.29, 0.717) is 5.56 Å². The van der Waals surface area contributed by atoms with Gasteiger partial charge >= 0.3 is 5.97 Å². The van der Waals surface area contributed by atoms with Crippen LogP contribution in [0.3, 0.4) is 0 Å². The molecule has 0 heterocycles. The van der Waals surface area contributed by atoms with Crippen LogP contribution >= 0.6 is 0 Å². The molecule has 1 aromatic carbocycles. The minimum atomic E-state index is -1.04. The van der Waals surface area contributed by atoms with Crippen LogP contribution < -0.4 is 5.32 Å². The molecule has 0 aliphatic carbocycles. The van der Waals surface area contributed by atoms with E-state index >= 15 is 0 Å². The number of carbonyl (C=O) groups excluding carboxylic acids is 1. The molecule has 1 aromatic rings. The van der Waals surface area contributed by atoms with E-state index in [1.807, 2.05) is 32.9 Å². The van der Waals surface area contributed by atoms with Gasteiger partial charge in [-0.15, -0.1) is 0 Å². The zero-order chi connectivity index (χ0) is 13.2. The molecule has 0 aliphatic rings. The van der Waals surface area contributed by atoms with Gasteiger partial charge in [-0.25, -0.2) is 0 Å². The molecule has 17 heavy (non-hydrogen) atoms. The third-order valence-electron chi connectivity index (χ3n) is 2.62. The highest BCUT2D eigenvalue weighted by Crippen LogP contribution is 2.16. The topological polar surface area (TPSA) is 66.4 Å². The van der Waals surface area contributed by atoms with Crippen LogP contribution in [-0.2, 0) is 4.79 Å². The quantitative estimate of drug-likeness (QED) is 0.839. The summed E-state index contributed by atoms with van der Waals surface area (Å²) in [4.78, 5) is 22.6. The summed E-state index contributed by atoms with van der Waals surface area (Å²) in [5.41, 5.74) is 3.36. The Morgan fingerprint density at radius 2 is 1.65 bits per heavy atom. The number of nitrogens with one attached hydrogen (secondary N) is 1. The fourth-order valence-corrected chi connectivity index (χ4v) is 1.87. The van der Waals surface area contributed by atoms with Gasteiger partial charge in [0.1, 0.15) is 6.04 Å². The number of carbonyl (C=O) groups is 2. The van der Waals surface area contributed by atoms with Gasteiger partial charge in [-0.1, -0.05) is 17.7 Å². The van der Waals surface area contributed by atoms with Crippen LogP contribution in [0.1, 0.15) is 34.0 Å². The fraction of sp³-hybridized carbons (Fsp3) is 0.385. The number of rotatable bonds is 3. The molecule has 0 fully saturated rings. The standard InChI is InChI=1S/C13H17NO3/c1-7-5-8(2)11(9(3)6-7)12(15)14-10(4)13(16)17/h5-6,10H,1-4H3,(H,14,15)(H,16,17)/t10-/m1/s1. The highest BCUT2D eigenvalue weighted by molar-refractivity contribution is 5.99. The normalized spacial score (nSPS) is 12.0. The van der Waals surface area contributed by atoms with Gasteiger partial charge in [-0.05, 0) is 38.8 Å². The number of carboxylic acid groups (broad SMARTS) is 1. The zero-order valence-corrected chi connectivity index (χ0v) is 10.5. The Hall–Kier alpha value is -1.84. The van der Waals surface area contributed by atoms with Crippen molar-refractivity contribution < 1.29 is 14.7 Å². The average Bonchev–Trinajstić information content (AvgIpc) is 2.15. The van der Waals surface area contributed by atoms with Crippen molar-refractivity contribution in [1.82, 2.24) is 5.32 Å². The first kappa shape index (κ1) is 13.2. The lowest BCUT2D eigenvalue weighted by Crippen LogP contribution is -2.38. The fourth-order valence-electron chi connectivity index (χ4n) is 1.87. The van der Waals surface area contributed by atoms with E-state index in [9.17, 15) is 9.59 Å². The van der Waals surface area contributed by atoms with Crippen molar-refractivity contribution in [3.05, 3.63) is 34.4 Å². The first-order chi connectivity index (χ1) is 7.82. The molecule has 2 N–H and O–H groups in total. The molecule has 0 saturated carbocycles. The van der Waals surface area contributed by atoms with Crippen LogP contribution in [0, 0.1) is 20.8 Å². The van der Waals surface area contributed by atoms with E-state index in [-0.39, 0.29) is 5.91 Å². The summed E-state index contributed by atoms with van der Waals surface area (Å²) in [6.45, 7) is 7.10. The highest BCUT2D eigenvalue weighted by Gasteiger charge is 2.18. The minimum absolute atomic E-state index is 0.338. The molecule has 0 aliphatic heterocycles. The summed E-state index contributed by atoms with van der Waals surface area (Å²) in [7, 11) is 0. The molecule has 4 nitrogen and oxygen atoms in total. The number of benzene rings is 1. The predicted octanol–water partition coefficient (Wildman–Crippen LogP) is 1.81. The Balaban J connectivity index is 3.01. The number of aryl methyl sites for hydroxylation is 3. The molecule has 92 valence electrons. The van der Waals surface area contributed by atoms with Gasteiger partial charge in [0.15, 0.2) is 0 Å². The monoisotopic (exact) mass is 235 g/mol. The van der Waals surface area contributed by atoms with Crippen molar-refractivity contribution in [2.24, 2.45) is 0 Å². The van der Waals surface area contributed by atoms with E-state index in [0.717, 1.165) is 16.7 Å². The number of carboxylic acids is 1. The smallest absolute Gasteiger partial charge is 0.325 e. The molecule has 1 atom stereocenters. The second kappa shape index (κ2) is 4.99. The van der Waals surface area contributed by atoms with Crippen molar-refractivity contribution in [2.75, 3.05) is 0 Å². The van der Waals surface area contributed by atoms with Crippen molar-refractivity contribution in [2.45, 2.75) is 33.7 Å². The number of hydrogen-bond acceptors (Lipinski definition) is 2. The van der Waals surface area contributed by atoms with E-state index in [1.165, 1.54) is 6.92 Å². The van der Waals surface area contributed by atoms with E-state index in [1.54, 1.807) is 0 Å². The summed E-state index contributed by atoms with van der Waals surface area (Å²) >= 11 is 0. The lowest BCUT2D eigenvalue weighted by atomic mass is 9.99. The maximum Gasteiger partial charge on any atom is 0.325 e. The van der Waals surface area contributed by atoms with Crippen LogP contribution in [0.2, 0.25) is 0 Å². The van der Waals surface area contributed by atoms with Crippen LogP contribution in [-0.4, -0.2) is 23.0 Å². The first-order valence-corrected chi connectivity index (χ1v) is 5.44. The summed E-state index contributed by atoms with van der Waals surface area (Å²) < 4.78 is 0. The summed E-state index contributed by atoms with van der Waals surface area (Å²) in [5, 5.41) is 11.2. The summed E-state index contributed by atoms with van der Waals surface area (Å²) in [5.74, 6) is -1.38. The third-order valence-corrected chi connectivity index (χ3v) is 2.62. The Labute approximate surface area is 101 Å². The predicted molar refractivity (Wildman–Crippen MR) is 65.2 cm³/mol. The van der Waals surface area contributed by atoms with Crippen molar-refractivity contribution >= 4 is 11.9 Å². The van der Waals surface area contributed by atoms with E-state index in [4.69, 9.17) is 5.11 Å². The number of aliphatic carboxylic acids is 1. The largest absolute Gasteiger partial charge is 0.480 e. The third kappa shape index (κ3) is 3.06. The molecular formula is C13H17NO3. The lowest BCUT2D eigenvalue weighted by Gasteiger charge is -2.13.